The van der Waals surface area contributed by atoms with Gasteiger partial charge in [-0.05, 0) is 30.7 Å². The standard InChI is InChI=1S/C20H27NO3/c22-19(9-8-16-4-2-1-3-5-16)21-10-18-12-24-15-20(18,13-21)14-23-11-17-6-7-17/h1-5,17-18H,6-15H2/t18-,20-/m1/s1. The predicted molar refractivity (Wildman–Crippen MR) is 91.6 cm³/mol. The Morgan fingerprint density at radius 1 is 1.29 bits per heavy atom. The molecule has 130 valence electrons. The molecule has 0 N–H and O–H groups in total. The molecule has 1 aromatic rings. The predicted octanol–water partition coefficient (Wildman–Crippen LogP) is 2.52. The van der Waals surface area contributed by atoms with Crippen LogP contribution in [0.1, 0.15) is 24.8 Å². The highest BCUT2D eigenvalue weighted by molar-refractivity contribution is 5.77. The second-order valence-electron chi connectivity index (χ2n) is 7.79. The molecule has 2 atom stereocenters. The first-order chi connectivity index (χ1) is 11.8. The summed E-state index contributed by atoms with van der Waals surface area (Å²) in [6.45, 7) is 4.78. The first-order valence-electron chi connectivity index (χ1n) is 9.22. The zero-order valence-electron chi connectivity index (χ0n) is 14.3. The average Bonchev–Trinajstić information content (AvgIpc) is 3.23. The van der Waals surface area contributed by atoms with Crippen LogP contribution < -0.4 is 0 Å². The van der Waals surface area contributed by atoms with Gasteiger partial charge in [0.25, 0.3) is 0 Å². The fourth-order valence-corrected chi connectivity index (χ4v) is 3.99. The normalized spacial score (nSPS) is 29.0. The summed E-state index contributed by atoms with van der Waals surface area (Å²) in [4.78, 5) is 14.7. The van der Waals surface area contributed by atoms with Crippen LogP contribution in [0.5, 0.6) is 0 Å². The summed E-state index contributed by atoms with van der Waals surface area (Å²) >= 11 is 0. The fraction of sp³-hybridized carbons (Fsp3) is 0.650. The lowest BCUT2D eigenvalue weighted by Gasteiger charge is -2.27. The van der Waals surface area contributed by atoms with Gasteiger partial charge in [-0.15, -0.1) is 0 Å². The minimum atomic E-state index is 0.0390. The third-order valence-corrected chi connectivity index (χ3v) is 5.78. The Balaban J connectivity index is 1.30. The largest absolute Gasteiger partial charge is 0.380 e. The first-order valence-corrected chi connectivity index (χ1v) is 9.22. The summed E-state index contributed by atoms with van der Waals surface area (Å²) < 4.78 is 11.7. The van der Waals surface area contributed by atoms with E-state index in [1.54, 1.807) is 0 Å². The number of aryl methyl sites for hydroxylation is 1. The molecule has 1 aliphatic carbocycles. The van der Waals surface area contributed by atoms with Crippen LogP contribution in [-0.2, 0) is 20.7 Å². The summed E-state index contributed by atoms with van der Waals surface area (Å²) in [6.07, 6.45) is 4.05. The van der Waals surface area contributed by atoms with Crippen LogP contribution >= 0.6 is 0 Å². The van der Waals surface area contributed by atoms with Crippen molar-refractivity contribution in [3.05, 3.63) is 35.9 Å². The van der Waals surface area contributed by atoms with E-state index in [0.717, 1.165) is 51.9 Å². The van der Waals surface area contributed by atoms with Gasteiger partial charge < -0.3 is 14.4 Å². The van der Waals surface area contributed by atoms with Crippen molar-refractivity contribution in [3.8, 4) is 0 Å². The number of fused-ring (bicyclic) bond motifs is 1. The maximum Gasteiger partial charge on any atom is 0.222 e. The van der Waals surface area contributed by atoms with Gasteiger partial charge in [0.1, 0.15) is 0 Å². The summed E-state index contributed by atoms with van der Waals surface area (Å²) in [5.74, 6) is 1.50. The summed E-state index contributed by atoms with van der Waals surface area (Å²) in [7, 11) is 0. The minimum absolute atomic E-state index is 0.0390. The van der Waals surface area contributed by atoms with Crippen molar-refractivity contribution in [3.63, 3.8) is 0 Å². The molecule has 2 saturated heterocycles. The molecule has 1 saturated carbocycles. The Kier molecular flexibility index (Phi) is 4.59. The number of nitrogens with zero attached hydrogens (tertiary/aromatic N) is 1. The van der Waals surface area contributed by atoms with E-state index in [4.69, 9.17) is 9.47 Å². The molecule has 4 nitrogen and oxygen atoms in total. The van der Waals surface area contributed by atoms with Crippen molar-refractivity contribution >= 4 is 5.91 Å². The van der Waals surface area contributed by atoms with Crippen molar-refractivity contribution in [2.75, 3.05) is 39.5 Å². The second kappa shape index (κ2) is 6.85. The fourth-order valence-electron chi connectivity index (χ4n) is 3.99. The van der Waals surface area contributed by atoms with Crippen molar-refractivity contribution < 1.29 is 14.3 Å². The highest BCUT2D eigenvalue weighted by Gasteiger charge is 2.52. The molecule has 2 aliphatic heterocycles. The quantitative estimate of drug-likeness (QED) is 0.771. The minimum Gasteiger partial charge on any atom is -0.380 e. The number of benzene rings is 1. The van der Waals surface area contributed by atoms with Gasteiger partial charge in [0.2, 0.25) is 5.91 Å². The number of carbonyl (C=O) groups excluding carboxylic acids is 1. The average molecular weight is 329 g/mol. The molecule has 1 amide bonds. The number of amides is 1. The molecule has 2 heterocycles. The molecule has 4 rings (SSSR count). The van der Waals surface area contributed by atoms with Crippen molar-refractivity contribution in [2.45, 2.75) is 25.7 Å². The monoisotopic (exact) mass is 329 g/mol. The number of hydrogen-bond acceptors (Lipinski definition) is 3. The molecular formula is C20H27NO3. The van der Waals surface area contributed by atoms with E-state index < -0.39 is 0 Å². The topological polar surface area (TPSA) is 38.8 Å². The number of likely N-dealkylation sites (tertiary alicyclic amines) is 1. The maximum atomic E-state index is 12.6. The van der Waals surface area contributed by atoms with Crippen molar-refractivity contribution in [1.29, 1.82) is 0 Å². The van der Waals surface area contributed by atoms with Crippen LogP contribution in [0.2, 0.25) is 0 Å². The van der Waals surface area contributed by atoms with Gasteiger partial charge in [0.05, 0.1) is 19.8 Å². The van der Waals surface area contributed by atoms with E-state index in [2.05, 4.69) is 17.0 Å². The molecule has 3 aliphatic rings. The lowest BCUT2D eigenvalue weighted by Crippen LogP contribution is -2.37. The molecule has 4 heteroatoms. The van der Waals surface area contributed by atoms with E-state index in [1.807, 2.05) is 18.2 Å². The molecule has 0 radical (unpaired) electrons. The van der Waals surface area contributed by atoms with E-state index in [-0.39, 0.29) is 11.3 Å². The summed E-state index contributed by atoms with van der Waals surface area (Å²) in [6, 6.07) is 10.3. The van der Waals surface area contributed by atoms with Crippen LogP contribution in [0, 0.1) is 17.3 Å². The highest BCUT2D eigenvalue weighted by Crippen LogP contribution is 2.42. The zero-order chi connectivity index (χ0) is 16.4. The molecule has 0 unspecified atom stereocenters. The van der Waals surface area contributed by atoms with E-state index in [0.29, 0.717) is 12.3 Å². The smallest absolute Gasteiger partial charge is 0.222 e. The second-order valence-corrected chi connectivity index (χ2v) is 7.79. The number of carbonyl (C=O) groups is 1. The van der Waals surface area contributed by atoms with Gasteiger partial charge in [0.15, 0.2) is 0 Å². The van der Waals surface area contributed by atoms with Gasteiger partial charge in [-0.25, -0.2) is 0 Å². The Labute approximate surface area is 144 Å². The maximum absolute atomic E-state index is 12.6. The summed E-state index contributed by atoms with van der Waals surface area (Å²) in [5.41, 5.74) is 1.27. The number of rotatable bonds is 7. The highest BCUT2D eigenvalue weighted by atomic mass is 16.5. The van der Waals surface area contributed by atoms with Crippen molar-refractivity contribution in [1.82, 2.24) is 4.90 Å². The third-order valence-electron chi connectivity index (χ3n) is 5.78. The SMILES string of the molecule is O=C(CCc1ccccc1)N1C[C@@H]2COC[C@]2(COCC2CC2)C1. The molecule has 1 aromatic carbocycles. The summed E-state index contributed by atoms with van der Waals surface area (Å²) in [5, 5.41) is 0. The van der Waals surface area contributed by atoms with E-state index in [1.165, 1.54) is 18.4 Å². The molecule has 24 heavy (non-hydrogen) atoms. The molecule has 3 fully saturated rings. The van der Waals surface area contributed by atoms with Gasteiger partial charge in [-0.1, -0.05) is 30.3 Å². The molecular weight excluding hydrogens is 302 g/mol. The number of ether oxygens (including phenoxy) is 2. The Bertz CT molecular complexity index is 572. The van der Waals surface area contributed by atoms with Crippen LogP contribution in [-0.4, -0.2) is 50.3 Å². The van der Waals surface area contributed by atoms with Gasteiger partial charge in [-0.2, -0.15) is 0 Å². The van der Waals surface area contributed by atoms with E-state index >= 15 is 0 Å². The van der Waals surface area contributed by atoms with E-state index in [9.17, 15) is 4.79 Å². The molecule has 0 aromatic heterocycles. The number of hydrogen-bond donors (Lipinski definition) is 0. The van der Waals surface area contributed by atoms with Gasteiger partial charge >= 0.3 is 0 Å². The van der Waals surface area contributed by atoms with Gasteiger partial charge in [0, 0.05) is 37.5 Å². The molecule has 0 bridgehead atoms. The first kappa shape index (κ1) is 16.1. The molecule has 0 spiro atoms. The zero-order valence-corrected chi connectivity index (χ0v) is 14.3. The lowest BCUT2D eigenvalue weighted by molar-refractivity contribution is -0.131. The van der Waals surface area contributed by atoms with Gasteiger partial charge in [-0.3, -0.25) is 4.79 Å². The Hall–Kier alpha value is -1.39. The van der Waals surface area contributed by atoms with Crippen LogP contribution in [0.3, 0.4) is 0 Å². The Morgan fingerprint density at radius 3 is 2.92 bits per heavy atom. The van der Waals surface area contributed by atoms with Crippen LogP contribution in [0.15, 0.2) is 30.3 Å². The van der Waals surface area contributed by atoms with Crippen molar-refractivity contribution in [2.24, 2.45) is 17.3 Å². The van der Waals surface area contributed by atoms with Crippen LogP contribution in [0.4, 0.5) is 0 Å². The lowest BCUT2D eigenvalue weighted by atomic mass is 9.82. The van der Waals surface area contributed by atoms with Crippen LogP contribution in [0.25, 0.3) is 0 Å². The Morgan fingerprint density at radius 2 is 2.12 bits per heavy atom. The third kappa shape index (κ3) is 3.50.